The minimum atomic E-state index is -0.700. The predicted octanol–water partition coefficient (Wildman–Crippen LogP) is 3.77. The number of piperazine rings is 1. The lowest BCUT2D eigenvalue weighted by atomic mass is 9.95. The van der Waals surface area contributed by atoms with Crippen molar-refractivity contribution in [2.45, 2.75) is 52.6 Å². The Kier molecular flexibility index (Phi) is 7.11. The number of carbonyl (C=O) groups is 2. The third-order valence-electron chi connectivity index (χ3n) is 4.48. The van der Waals surface area contributed by atoms with Crippen molar-refractivity contribution < 1.29 is 18.4 Å². The minimum absolute atomic E-state index is 0.0927. The Morgan fingerprint density at radius 3 is 2.30 bits per heavy atom. The van der Waals surface area contributed by atoms with Gasteiger partial charge in [0.1, 0.15) is 17.7 Å². The maximum atomic E-state index is 13.3. The largest absolute Gasteiger partial charge is 0.350 e. The van der Waals surface area contributed by atoms with E-state index in [4.69, 9.17) is 0 Å². The van der Waals surface area contributed by atoms with Crippen molar-refractivity contribution >= 4 is 17.9 Å². The van der Waals surface area contributed by atoms with Crippen LogP contribution in [0.2, 0.25) is 0 Å². The molecule has 0 aliphatic carbocycles. The molecule has 0 bridgehead atoms. The average molecular weight is 378 g/mol. The first kappa shape index (κ1) is 21.1. The van der Waals surface area contributed by atoms with E-state index in [2.05, 4.69) is 19.2 Å². The van der Waals surface area contributed by atoms with Gasteiger partial charge in [0.25, 0.3) is 0 Å². The van der Waals surface area contributed by atoms with E-state index in [1.807, 2.05) is 13.8 Å². The zero-order valence-corrected chi connectivity index (χ0v) is 16.3. The van der Waals surface area contributed by atoms with Gasteiger partial charge >= 0.3 is 0 Å². The van der Waals surface area contributed by atoms with Gasteiger partial charge in [0.15, 0.2) is 0 Å². The third-order valence-corrected chi connectivity index (χ3v) is 4.48. The molecule has 6 heteroatoms. The molecule has 0 radical (unpaired) electrons. The number of rotatable bonds is 6. The van der Waals surface area contributed by atoms with E-state index in [0.29, 0.717) is 18.9 Å². The lowest BCUT2D eigenvalue weighted by molar-refractivity contribution is -0.142. The monoisotopic (exact) mass is 378 g/mol. The molecular weight excluding hydrogens is 350 g/mol. The van der Waals surface area contributed by atoms with Gasteiger partial charge in [-0.05, 0) is 48.4 Å². The molecule has 0 unspecified atom stereocenters. The lowest BCUT2D eigenvalue weighted by Gasteiger charge is -2.40. The highest BCUT2D eigenvalue weighted by atomic mass is 19.1. The number of hydrogen-bond donors (Lipinski definition) is 1. The summed E-state index contributed by atoms with van der Waals surface area (Å²) in [6, 6.07) is 2.47. The van der Waals surface area contributed by atoms with Crippen LogP contribution in [0.4, 0.5) is 8.78 Å². The van der Waals surface area contributed by atoms with E-state index in [9.17, 15) is 18.4 Å². The van der Waals surface area contributed by atoms with Crippen LogP contribution in [-0.2, 0) is 9.59 Å². The molecule has 27 heavy (non-hydrogen) atoms. The molecule has 148 valence electrons. The highest BCUT2D eigenvalue weighted by Crippen LogP contribution is 2.20. The van der Waals surface area contributed by atoms with Gasteiger partial charge in [-0.15, -0.1) is 0 Å². The van der Waals surface area contributed by atoms with Crippen LogP contribution >= 0.6 is 0 Å². The third kappa shape index (κ3) is 6.15. The van der Waals surface area contributed by atoms with Crippen LogP contribution in [0.5, 0.6) is 0 Å². The Balaban J connectivity index is 2.20. The molecule has 1 saturated heterocycles. The lowest BCUT2D eigenvalue weighted by Crippen LogP contribution is -2.61. The summed E-state index contributed by atoms with van der Waals surface area (Å²) in [5.74, 6) is -1.23. The molecule has 4 nitrogen and oxygen atoms in total. The van der Waals surface area contributed by atoms with Gasteiger partial charge in [-0.3, -0.25) is 9.59 Å². The van der Waals surface area contributed by atoms with Crippen LogP contribution < -0.4 is 5.32 Å². The second kappa shape index (κ2) is 9.11. The normalized spacial score (nSPS) is 20.6. The molecule has 2 amide bonds. The number of carbonyl (C=O) groups excluding carboxylic acids is 2. The van der Waals surface area contributed by atoms with Gasteiger partial charge in [-0.1, -0.05) is 27.7 Å². The van der Waals surface area contributed by atoms with Crippen LogP contribution in [0.1, 0.15) is 46.1 Å². The minimum Gasteiger partial charge on any atom is -0.350 e. The first-order valence-corrected chi connectivity index (χ1v) is 9.40. The van der Waals surface area contributed by atoms with Crippen molar-refractivity contribution in [2.24, 2.45) is 11.8 Å². The van der Waals surface area contributed by atoms with Gasteiger partial charge < -0.3 is 10.2 Å². The van der Waals surface area contributed by atoms with E-state index in [-0.39, 0.29) is 29.3 Å². The molecule has 2 atom stereocenters. The van der Waals surface area contributed by atoms with Crippen LogP contribution in [-0.4, -0.2) is 35.3 Å². The average Bonchev–Trinajstić information content (AvgIpc) is 2.53. The zero-order chi connectivity index (χ0) is 20.1. The van der Waals surface area contributed by atoms with E-state index in [0.717, 1.165) is 24.6 Å². The number of nitrogens with one attached hydrogen (secondary N) is 1. The number of nitrogens with zero attached hydrogens (tertiary/aromatic N) is 1. The summed E-state index contributed by atoms with van der Waals surface area (Å²) >= 11 is 0. The molecule has 0 aromatic heterocycles. The highest BCUT2D eigenvalue weighted by Gasteiger charge is 2.36. The maximum absolute atomic E-state index is 13.3. The van der Waals surface area contributed by atoms with E-state index >= 15 is 0 Å². The van der Waals surface area contributed by atoms with Gasteiger partial charge in [0.05, 0.1) is 0 Å². The first-order valence-electron chi connectivity index (χ1n) is 9.40. The summed E-state index contributed by atoms with van der Waals surface area (Å²) in [6.45, 7) is 8.57. The van der Waals surface area contributed by atoms with Crippen LogP contribution in [0.25, 0.3) is 6.08 Å². The Morgan fingerprint density at radius 1 is 1.15 bits per heavy atom. The second-order valence-corrected chi connectivity index (χ2v) is 8.01. The molecule has 1 heterocycles. The molecular formula is C21H28F2N2O2. The van der Waals surface area contributed by atoms with Crippen LogP contribution in [0, 0.1) is 23.5 Å². The van der Waals surface area contributed by atoms with E-state index in [1.54, 1.807) is 4.90 Å². The fourth-order valence-electron chi connectivity index (χ4n) is 3.41. The molecule has 2 rings (SSSR count). The highest BCUT2D eigenvalue weighted by molar-refractivity contribution is 5.96. The predicted molar refractivity (Wildman–Crippen MR) is 102 cm³/mol. The SMILES string of the molecule is CC(C)C[C@H]1CN(C(=O)C=Cc2cc(F)cc(F)c2)[C@@H](CC(C)C)C(=O)N1. The van der Waals surface area contributed by atoms with Gasteiger partial charge in [0.2, 0.25) is 11.8 Å². The Labute approximate surface area is 159 Å². The summed E-state index contributed by atoms with van der Waals surface area (Å²) in [4.78, 5) is 26.9. The number of hydrogen-bond acceptors (Lipinski definition) is 2. The van der Waals surface area contributed by atoms with Crippen LogP contribution in [0.15, 0.2) is 24.3 Å². The summed E-state index contributed by atoms with van der Waals surface area (Å²) in [6.07, 6.45) is 4.01. The molecule has 0 saturated carbocycles. The summed E-state index contributed by atoms with van der Waals surface area (Å²) < 4.78 is 26.6. The number of amides is 2. The summed E-state index contributed by atoms with van der Waals surface area (Å²) in [5.41, 5.74) is 0.265. The van der Waals surface area contributed by atoms with Crippen molar-refractivity contribution in [3.8, 4) is 0 Å². The van der Waals surface area contributed by atoms with E-state index < -0.39 is 17.7 Å². The van der Waals surface area contributed by atoms with E-state index in [1.165, 1.54) is 12.2 Å². The fraction of sp³-hybridized carbons (Fsp3) is 0.524. The first-order chi connectivity index (χ1) is 12.7. The quantitative estimate of drug-likeness (QED) is 0.766. The van der Waals surface area contributed by atoms with Crippen molar-refractivity contribution in [2.75, 3.05) is 6.54 Å². The zero-order valence-electron chi connectivity index (χ0n) is 16.3. The molecule has 1 fully saturated rings. The molecule has 1 aromatic rings. The van der Waals surface area contributed by atoms with Crippen molar-refractivity contribution in [1.82, 2.24) is 10.2 Å². The van der Waals surface area contributed by atoms with Crippen LogP contribution in [0.3, 0.4) is 0 Å². The van der Waals surface area contributed by atoms with Crippen molar-refractivity contribution in [3.63, 3.8) is 0 Å². The standard InChI is InChI=1S/C21H28F2N2O2/c1-13(2)7-18-12-25(19(8-14(3)4)21(27)24-18)20(26)6-5-15-9-16(22)11-17(23)10-15/h5-6,9-11,13-14,18-19H,7-8,12H2,1-4H3,(H,24,27)/t18-,19-/m0/s1. The van der Waals surface area contributed by atoms with Gasteiger partial charge in [-0.2, -0.15) is 0 Å². The fourth-order valence-corrected chi connectivity index (χ4v) is 3.41. The molecule has 1 N–H and O–H groups in total. The molecule has 1 aliphatic rings. The molecule has 0 spiro atoms. The van der Waals surface area contributed by atoms with Crippen molar-refractivity contribution in [3.05, 3.63) is 41.5 Å². The Bertz CT molecular complexity index is 696. The Morgan fingerprint density at radius 2 is 1.74 bits per heavy atom. The second-order valence-electron chi connectivity index (χ2n) is 8.01. The number of benzene rings is 1. The topological polar surface area (TPSA) is 49.4 Å². The molecule has 1 aliphatic heterocycles. The Hall–Kier alpha value is -2.24. The summed E-state index contributed by atoms with van der Waals surface area (Å²) in [7, 11) is 0. The number of halogens is 2. The summed E-state index contributed by atoms with van der Waals surface area (Å²) in [5, 5.41) is 3.02. The smallest absolute Gasteiger partial charge is 0.247 e. The van der Waals surface area contributed by atoms with Gasteiger partial charge in [-0.25, -0.2) is 8.78 Å². The van der Waals surface area contributed by atoms with Gasteiger partial charge in [0, 0.05) is 24.7 Å². The molecule has 1 aromatic carbocycles. The maximum Gasteiger partial charge on any atom is 0.247 e. The van der Waals surface area contributed by atoms with Crippen molar-refractivity contribution in [1.29, 1.82) is 0 Å².